The van der Waals surface area contributed by atoms with Crippen molar-refractivity contribution >= 4 is 0 Å². The highest BCUT2D eigenvalue weighted by Gasteiger charge is 2.35. The van der Waals surface area contributed by atoms with E-state index in [4.69, 9.17) is 4.74 Å². The Labute approximate surface area is 222 Å². The summed E-state index contributed by atoms with van der Waals surface area (Å²) in [4.78, 5) is 0. The Kier molecular flexibility index (Phi) is 8.04. The molecule has 2 nitrogen and oxygen atoms in total. The lowest BCUT2D eigenvalue weighted by Gasteiger charge is -2.19. The zero-order chi connectivity index (χ0) is 29.2. The van der Waals surface area contributed by atoms with Gasteiger partial charge in [0, 0.05) is 11.1 Å². The van der Waals surface area contributed by atoms with Crippen molar-refractivity contribution in [2.24, 2.45) is 0 Å². The minimum atomic E-state index is -5.38. The Bertz CT molecular complexity index is 1470. The molecule has 0 saturated carbocycles. The van der Waals surface area contributed by atoms with E-state index in [1.54, 1.807) is 12.1 Å². The zero-order valence-electron chi connectivity index (χ0n) is 20.6. The summed E-state index contributed by atoms with van der Waals surface area (Å²) in [7, 11) is 0. The van der Waals surface area contributed by atoms with Gasteiger partial charge in [-0.3, -0.25) is 0 Å². The molecule has 11 heteroatoms. The van der Waals surface area contributed by atoms with Gasteiger partial charge in [-0.15, -0.1) is 13.2 Å². The molecule has 0 saturated heterocycles. The van der Waals surface area contributed by atoms with Gasteiger partial charge in [0.25, 0.3) is 0 Å². The first-order valence-corrected chi connectivity index (χ1v) is 11.8. The van der Waals surface area contributed by atoms with Crippen molar-refractivity contribution in [1.29, 1.82) is 0 Å². The summed E-state index contributed by atoms with van der Waals surface area (Å²) in [5, 5.41) is 0. The summed E-state index contributed by atoms with van der Waals surface area (Å²) < 4.78 is 132. The van der Waals surface area contributed by atoms with E-state index < -0.39 is 52.6 Å². The molecule has 0 amide bonds. The minimum absolute atomic E-state index is 0.0637. The second-order valence-electron chi connectivity index (χ2n) is 8.70. The van der Waals surface area contributed by atoms with E-state index in [-0.39, 0.29) is 22.4 Å². The second-order valence-corrected chi connectivity index (χ2v) is 8.70. The maximum absolute atomic E-state index is 14.9. The van der Waals surface area contributed by atoms with Gasteiger partial charge in [0.15, 0.2) is 23.3 Å². The van der Waals surface area contributed by atoms with Crippen molar-refractivity contribution in [2.75, 3.05) is 0 Å². The van der Waals surface area contributed by atoms with E-state index >= 15 is 0 Å². The van der Waals surface area contributed by atoms with Crippen LogP contribution in [0.15, 0.2) is 72.8 Å². The third kappa shape index (κ3) is 6.35. The first-order valence-electron chi connectivity index (χ1n) is 11.8. The molecule has 40 heavy (non-hydrogen) atoms. The van der Waals surface area contributed by atoms with Crippen LogP contribution in [0.2, 0.25) is 0 Å². The average Bonchev–Trinajstić information content (AvgIpc) is 2.88. The fourth-order valence-electron chi connectivity index (χ4n) is 3.99. The van der Waals surface area contributed by atoms with Crippen LogP contribution in [0.25, 0.3) is 22.3 Å². The first kappa shape index (κ1) is 28.8. The smallest absolute Gasteiger partial charge is 0.429 e. The van der Waals surface area contributed by atoms with E-state index in [1.807, 2.05) is 6.92 Å². The number of aryl methyl sites for hydroxylation is 1. The van der Waals surface area contributed by atoms with Crippen molar-refractivity contribution in [1.82, 2.24) is 0 Å². The summed E-state index contributed by atoms with van der Waals surface area (Å²) in [5.74, 6) is -8.54. The van der Waals surface area contributed by atoms with Crippen LogP contribution >= 0.6 is 0 Å². The molecule has 0 aromatic heterocycles. The molecule has 0 heterocycles. The van der Waals surface area contributed by atoms with E-state index in [0.29, 0.717) is 12.1 Å². The molecule has 0 fully saturated rings. The molecule has 4 rings (SSSR count). The maximum Gasteiger partial charge on any atom is 0.573 e. The highest BCUT2D eigenvalue weighted by atomic mass is 19.4. The molecule has 0 spiro atoms. The number of rotatable bonds is 8. The van der Waals surface area contributed by atoms with E-state index in [9.17, 15) is 39.5 Å². The lowest BCUT2D eigenvalue weighted by Crippen LogP contribution is -2.21. The SMILES string of the molecule is CCCc1ccc(C(F)(F)Oc2ccc(-c3ccc(-c4cc(F)c(OC(F)(F)F)c(F)c4)c(F)c3F)cc2)cc1. The van der Waals surface area contributed by atoms with Crippen molar-refractivity contribution in [3.05, 3.63) is 107 Å². The number of benzene rings is 4. The summed E-state index contributed by atoms with van der Waals surface area (Å²) >= 11 is 0. The summed E-state index contributed by atoms with van der Waals surface area (Å²) in [5.41, 5.74) is -0.943. The van der Waals surface area contributed by atoms with E-state index in [2.05, 4.69) is 4.74 Å². The molecule has 0 aliphatic rings. The third-order valence-corrected chi connectivity index (χ3v) is 5.85. The largest absolute Gasteiger partial charge is 0.573 e. The lowest BCUT2D eigenvalue weighted by atomic mass is 9.98. The summed E-state index contributed by atoms with van der Waals surface area (Å²) in [6.07, 6.45) is -7.45. The van der Waals surface area contributed by atoms with Crippen LogP contribution in [0.4, 0.5) is 39.5 Å². The molecular weight excluding hydrogens is 551 g/mol. The lowest BCUT2D eigenvalue weighted by molar-refractivity contribution is -0.276. The van der Waals surface area contributed by atoms with Gasteiger partial charge in [0.2, 0.25) is 5.75 Å². The fourth-order valence-corrected chi connectivity index (χ4v) is 3.99. The van der Waals surface area contributed by atoms with E-state index in [1.165, 1.54) is 24.3 Å². The Morgan fingerprint density at radius 2 is 1.15 bits per heavy atom. The fraction of sp³-hybridized carbons (Fsp3) is 0.172. The normalized spacial score (nSPS) is 11.9. The second kappa shape index (κ2) is 11.1. The average molecular weight is 570 g/mol. The molecule has 0 atom stereocenters. The first-order chi connectivity index (χ1) is 18.8. The topological polar surface area (TPSA) is 18.5 Å². The molecule has 0 bridgehead atoms. The quantitative estimate of drug-likeness (QED) is 0.197. The third-order valence-electron chi connectivity index (χ3n) is 5.85. The molecule has 0 unspecified atom stereocenters. The predicted octanol–water partition coefficient (Wildman–Crippen LogP) is 9.56. The molecule has 0 aliphatic heterocycles. The maximum atomic E-state index is 14.9. The zero-order valence-corrected chi connectivity index (χ0v) is 20.6. The van der Waals surface area contributed by atoms with Crippen LogP contribution in [0.1, 0.15) is 24.5 Å². The molecule has 4 aromatic carbocycles. The van der Waals surface area contributed by atoms with Gasteiger partial charge in [0.1, 0.15) is 5.75 Å². The van der Waals surface area contributed by atoms with Gasteiger partial charge in [0.05, 0.1) is 5.56 Å². The van der Waals surface area contributed by atoms with Crippen LogP contribution in [0, 0.1) is 23.3 Å². The Balaban J connectivity index is 1.56. The Hall–Kier alpha value is -4.15. The van der Waals surface area contributed by atoms with Gasteiger partial charge >= 0.3 is 12.5 Å². The van der Waals surface area contributed by atoms with Crippen LogP contribution in [0.3, 0.4) is 0 Å². The van der Waals surface area contributed by atoms with Crippen LogP contribution in [-0.4, -0.2) is 6.36 Å². The molecule has 0 radical (unpaired) electrons. The van der Waals surface area contributed by atoms with Gasteiger partial charge in [-0.2, -0.15) is 8.78 Å². The van der Waals surface area contributed by atoms with Gasteiger partial charge < -0.3 is 9.47 Å². The van der Waals surface area contributed by atoms with Crippen molar-refractivity contribution < 1.29 is 49.0 Å². The van der Waals surface area contributed by atoms with Crippen LogP contribution < -0.4 is 9.47 Å². The molecule has 4 aromatic rings. The van der Waals surface area contributed by atoms with Gasteiger partial charge in [-0.1, -0.05) is 49.7 Å². The molecule has 0 N–H and O–H groups in total. The summed E-state index contributed by atoms with van der Waals surface area (Å²) in [6.45, 7) is 1.96. The number of ether oxygens (including phenoxy) is 2. The van der Waals surface area contributed by atoms with Gasteiger partial charge in [-0.05, 0) is 59.5 Å². The minimum Gasteiger partial charge on any atom is -0.429 e. The van der Waals surface area contributed by atoms with Crippen LogP contribution in [-0.2, 0) is 12.5 Å². The van der Waals surface area contributed by atoms with Gasteiger partial charge in [-0.25, -0.2) is 17.6 Å². The number of hydrogen-bond acceptors (Lipinski definition) is 2. The van der Waals surface area contributed by atoms with Crippen molar-refractivity contribution in [3.8, 4) is 33.8 Å². The number of alkyl halides is 5. The van der Waals surface area contributed by atoms with Crippen molar-refractivity contribution in [3.63, 3.8) is 0 Å². The molecule has 0 aliphatic carbocycles. The summed E-state index contributed by atoms with van der Waals surface area (Å²) in [6, 6.07) is 13.1. The molecule has 210 valence electrons. The highest BCUT2D eigenvalue weighted by Crippen LogP contribution is 2.37. The van der Waals surface area contributed by atoms with E-state index in [0.717, 1.165) is 42.7 Å². The number of halogens is 9. The van der Waals surface area contributed by atoms with Crippen LogP contribution in [0.5, 0.6) is 11.5 Å². The van der Waals surface area contributed by atoms with Crippen molar-refractivity contribution in [2.45, 2.75) is 32.2 Å². The Morgan fingerprint density at radius 3 is 1.65 bits per heavy atom. The predicted molar refractivity (Wildman–Crippen MR) is 129 cm³/mol. The Morgan fingerprint density at radius 1 is 0.625 bits per heavy atom. The monoisotopic (exact) mass is 570 g/mol. The standard InChI is InChI=1S/C29H19F9O2/c1-2-3-16-4-8-19(9-5-16)28(34,35)39-20-10-6-17(7-11-20)21-12-13-22(26(33)25(21)32)18-14-23(30)27(24(31)15-18)40-29(36,37)38/h4-15H,2-3H2,1H3. The highest BCUT2D eigenvalue weighted by molar-refractivity contribution is 5.72. The number of hydrogen-bond donors (Lipinski definition) is 0. The molecular formula is C29H19F9O2.